The Morgan fingerprint density at radius 2 is 1.04 bits per heavy atom. The largest absolute Gasteiger partial charge is 1.00 e. The molecule has 15 heteroatoms. The summed E-state index contributed by atoms with van der Waals surface area (Å²) in [5, 5.41) is 51.6. The van der Waals surface area contributed by atoms with Crippen LogP contribution in [0.5, 0.6) is 0 Å². The number of carbonyl (C=O) groups is 4. The minimum absolute atomic E-state index is 0. The van der Waals surface area contributed by atoms with E-state index >= 15 is 0 Å². The molecule has 27 heavy (non-hydrogen) atoms. The zero-order valence-electron chi connectivity index (χ0n) is 16.1. The van der Waals surface area contributed by atoms with Crippen molar-refractivity contribution in [1.29, 1.82) is 0 Å². The van der Waals surface area contributed by atoms with Crippen molar-refractivity contribution in [2.45, 2.75) is 12.5 Å². The number of nitrogens with zero attached hydrogens (tertiary/aromatic N) is 2. The summed E-state index contributed by atoms with van der Waals surface area (Å²) in [6.45, 7) is -4.03. The maximum Gasteiger partial charge on any atom is 1.00 e. The van der Waals surface area contributed by atoms with E-state index in [1.54, 1.807) is 0 Å². The van der Waals surface area contributed by atoms with Crippen molar-refractivity contribution in [3.63, 3.8) is 0 Å². The molecule has 0 saturated carbocycles. The molecule has 1 atom stereocenters. The van der Waals surface area contributed by atoms with Crippen LogP contribution in [0.3, 0.4) is 0 Å². The summed E-state index contributed by atoms with van der Waals surface area (Å²) in [6, 6.07) is -0.963. The minimum Gasteiger partial charge on any atom is -0.549 e. The first-order chi connectivity index (χ1) is 10.6. The molecule has 0 heterocycles. The van der Waals surface area contributed by atoms with E-state index in [1.807, 2.05) is 0 Å². The fourth-order valence-corrected chi connectivity index (χ4v) is 2.03. The third-order valence-electron chi connectivity index (χ3n) is 2.82. The Hall–Kier alpha value is 4.31. The molecule has 0 fully saturated rings. The van der Waals surface area contributed by atoms with E-state index in [0.29, 0.717) is 0 Å². The first-order valence-electron chi connectivity index (χ1n) is 6.52. The first kappa shape index (κ1) is 41.5. The maximum absolute atomic E-state index is 10.7. The zero-order valence-corrected chi connectivity index (χ0v) is 28.6. The second-order valence-electron chi connectivity index (χ2n) is 4.73. The van der Waals surface area contributed by atoms with E-state index < -0.39 is 62.7 Å². The van der Waals surface area contributed by atoms with Gasteiger partial charge in [-0.05, 0) is 6.42 Å². The third kappa shape index (κ3) is 24.8. The Labute approximate surface area is 327 Å². The van der Waals surface area contributed by atoms with Gasteiger partial charge >= 0.3 is 206 Å². The topological polar surface area (TPSA) is 187 Å². The van der Waals surface area contributed by atoms with Gasteiger partial charge in [-0.25, -0.2) is 0 Å². The van der Waals surface area contributed by atoms with Gasteiger partial charge in [0.1, 0.15) is 0 Å². The van der Waals surface area contributed by atoms with Gasteiger partial charge in [0.05, 0.1) is 23.9 Å². The average molecular weight is 489 g/mol. The number of carboxylic acids is 4. The van der Waals surface area contributed by atoms with E-state index in [0.717, 1.165) is 9.80 Å². The standard InChI is InChI=1S/C12H20N2O9.4K/c15-2-1-8(14(6-11(20)21)7-12(22)23)3-13(4-9(16)17)5-10(18)19;;;;/h8,15H,1-7H2,(H,16,17)(H,18,19)(H,20,21)(H,22,23);;;;/q;4*+1/p-4. The Kier molecular flexibility index (Phi) is 38.4. The number of aliphatic hydroxyl groups is 1. The van der Waals surface area contributed by atoms with Crippen LogP contribution >= 0.6 is 0 Å². The van der Waals surface area contributed by atoms with Gasteiger partial charge in [-0.3, -0.25) is 9.80 Å². The Bertz CT molecular complexity index is 425. The summed E-state index contributed by atoms with van der Waals surface area (Å²) in [5.74, 6) is -6.36. The van der Waals surface area contributed by atoms with Gasteiger partial charge in [0.2, 0.25) is 0 Å². The van der Waals surface area contributed by atoms with Gasteiger partial charge in [-0.2, -0.15) is 0 Å². The van der Waals surface area contributed by atoms with E-state index in [2.05, 4.69) is 0 Å². The number of aliphatic hydroxyl groups excluding tert-OH is 1. The molecule has 0 aliphatic carbocycles. The molecule has 11 nitrogen and oxygen atoms in total. The normalized spacial score (nSPS) is 10.5. The smallest absolute Gasteiger partial charge is 0.549 e. The zero-order chi connectivity index (χ0) is 18.0. The van der Waals surface area contributed by atoms with Crippen LogP contribution in [0.25, 0.3) is 0 Å². The van der Waals surface area contributed by atoms with Crippen LogP contribution in [0.15, 0.2) is 0 Å². The van der Waals surface area contributed by atoms with Crippen LogP contribution in [0.1, 0.15) is 6.42 Å². The molecule has 0 radical (unpaired) electrons. The van der Waals surface area contributed by atoms with Crippen molar-refractivity contribution in [2.24, 2.45) is 0 Å². The van der Waals surface area contributed by atoms with Gasteiger partial charge < -0.3 is 44.7 Å². The number of carbonyl (C=O) groups excluding carboxylic acids is 4. The van der Waals surface area contributed by atoms with Gasteiger partial charge in [-0.15, -0.1) is 0 Å². The van der Waals surface area contributed by atoms with Crippen LogP contribution in [0.2, 0.25) is 0 Å². The van der Waals surface area contributed by atoms with Gasteiger partial charge in [-0.1, -0.05) is 0 Å². The van der Waals surface area contributed by atoms with Crippen molar-refractivity contribution in [3.05, 3.63) is 0 Å². The van der Waals surface area contributed by atoms with Crippen molar-refractivity contribution in [1.82, 2.24) is 9.80 Å². The fraction of sp³-hybridized carbons (Fsp3) is 0.667. The fourth-order valence-electron chi connectivity index (χ4n) is 2.03. The molecule has 0 aromatic rings. The molecule has 0 bridgehead atoms. The number of hydrogen-bond acceptors (Lipinski definition) is 11. The molecule has 0 aliphatic heterocycles. The summed E-state index contributed by atoms with van der Waals surface area (Å²) in [5.41, 5.74) is 0. The van der Waals surface area contributed by atoms with Crippen LogP contribution in [0, 0.1) is 0 Å². The number of hydrogen-bond donors (Lipinski definition) is 1. The van der Waals surface area contributed by atoms with Crippen LogP contribution in [0.4, 0.5) is 0 Å². The second kappa shape index (κ2) is 24.9. The van der Waals surface area contributed by atoms with Gasteiger partial charge in [0.15, 0.2) is 0 Å². The first-order valence-corrected chi connectivity index (χ1v) is 6.52. The predicted octanol–water partition coefficient (Wildman–Crippen LogP) is -19.6. The van der Waals surface area contributed by atoms with E-state index in [1.165, 1.54) is 0 Å². The number of aliphatic carboxylic acids is 4. The minimum atomic E-state index is -1.60. The van der Waals surface area contributed by atoms with Gasteiger partial charge in [0.25, 0.3) is 0 Å². The number of carboxylic acid groups (broad SMARTS) is 4. The van der Waals surface area contributed by atoms with Crippen molar-refractivity contribution in [3.8, 4) is 0 Å². The summed E-state index contributed by atoms with van der Waals surface area (Å²) in [4.78, 5) is 44.4. The molecule has 0 aromatic carbocycles. The molecule has 0 rings (SSSR count). The molecule has 1 unspecified atom stereocenters. The third-order valence-corrected chi connectivity index (χ3v) is 2.82. The molecule has 0 spiro atoms. The molecule has 0 aromatic heterocycles. The monoisotopic (exact) mass is 488 g/mol. The molecule has 1 N–H and O–H groups in total. The van der Waals surface area contributed by atoms with Gasteiger partial charge in [0, 0.05) is 45.4 Å². The van der Waals surface area contributed by atoms with Crippen LogP contribution in [-0.2, 0) is 19.2 Å². The molecule has 132 valence electrons. The maximum atomic E-state index is 10.7. The average Bonchev–Trinajstić information content (AvgIpc) is 2.34. The molecular weight excluding hydrogens is 473 g/mol. The second-order valence-corrected chi connectivity index (χ2v) is 4.73. The Balaban J connectivity index is -0.000000403. The van der Waals surface area contributed by atoms with Crippen LogP contribution < -0.4 is 226 Å². The molecule has 0 aliphatic rings. The Morgan fingerprint density at radius 3 is 1.30 bits per heavy atom. The molecule has 0 amide bonds. The number of rotatable bonds is 13. The van der Waals surface area contributed by atoms with Crippen LogP contribution in [-0.4, -0.2) is 84.2 Å². The molecular formula is C12H16K4N2O9. The van der Waals surface area contributed by atoms with Crippen molar-refractivity contribution in [2.75, 3.05) is 39.3 Å². The predicted molar refractivity (Wildman–Crippen MR) is 63.5 cm³/mol. The van der Waals surface area contributed by atoms with Crippen molar-refractivity contribution < 1.29 is 250 Å². The summed E-state index contributed by atoms with van der Waals surface area (Å²) >= 11 is 0. The summed E-state index contributed by atoms with van der Waals surface area (Å²) in [6.07, 6.45) is -0.128. The quantitative estimate of drug-likeness (QED) is 0.242. The van der Waals surface area contributed by atoms with E-state index in [9.17, 15) is 39.6 Å². The van der Waals surface area contributed by atoms with E-state index in [4.69, 9.17) is 5.11 Å². The Morgan fingerprint density at radius 1 is 0.704 bits per heavy atom. The molecule has 0 saturated heterocycles. The SMILES string of the molecule is O=C([O-])CN(CC(=O)[O-])CC(CCO)N(CC(=O)[O-])CC(=O)[O-].[K+].[K+].[K+].[K+]. The summed E-state index contributed by atoms with van der Waals surface area (Å²) in [7, 11) is 0. The van der Waals surface area contributed by atoms with E-state index in [-0.39, 0.29) is 219 Å². The summed E-state index contributed by atoms with van der Waals surface area (Å²) < 4.78 is 0. The van der Waals surface area contributed by atoms with Crippen molar-refractivity contribution >= 4 is 23.9 Å².